The van der Waals surface area contributed by atoms with Crippen molar-refractivity contribution in [3.8, 4) is 0 Å². The maximum absolute atomic E-state index is 14.0. The summed E-state index contributed by atoms with van der Waals surface area (Å²) in [6.45, 7) is 6.94. The van der Waals surface area contributed by atoms with Crippen LogP contribution in [0.3, 0.4) is 0 Å². The Morgan fingerprint density at radius 3 is 2.42 bits per heavy atom. The summed E-state index contributed by atoms with van der Waals surface area (Å²) in [6, 6.07) is 1.17. The van der Waals surface area contributed by atoms with Gasteiger partial charge in [0.2, 0.25) is 5.78 Å². The number of carbonyl (C=O) groups excluding carboxylic acids is 2. The van der Waals surface area contributed by atoms with Crippen LogP contribution in [0, 0.1) is 20.6 Å². The Morgan fingerprint density at radius 2 is 1.92 bits per heavy atom. The molecule has 0 heterocycles. The molecule has 0 aliphatic heterocycles. The summed E-state index contributed by atoms with van der Waals surface area (Å²) in [7, 11) is 0. The summed E-state index contributed by atoms with van der Waals surface area (Å²) in [4.78, 5) is 24.8. The van der Waals surface area contributed by atoms with Crippen LogP contribution in [-0.2, 0) is 9.53 Å². The first-order chi connectivity index (χ1) is 12.0. The molecule has 2 N–H and O–H groups in total. The third kappa shape index (κ3) is 5.73. The van der Waals surface area contributed by atoms with Gasteiger partial charge in [-0.3, -0.25) is 4.79 Å². The second-order valence-electron chi connectivity index (χ2n) is 6.62. The SMILES string of the molecule is CCOC(=O)C(=CN[C@H](CO)C(C)(C)C)C(=O)c1cc(I)c(F)cc1F. The molecule has 1 aromatic carbocycles. The van der Waals surface area contributed by atoms with E-state index in [9.17, 15) is 23.5 Å². The second kappa shape index (κ2) is 9.40. The first-order valence-corrected chi connectivity index (χ1v) is 9.04. The van der Waals surface area contributed by atoms with Crippen molar-refractivity contribution in [3.63, 3.8) is 0 Å². The molecule has 0 saturated heterocycles. The van der Waals surface area contributed by atoms with Crippen molar-refractivity contribution in [2.45, 2.75) is 33.7 Å². The number of halogens is 3. The van der Waals surface area contributed by atoms with Crippen molar-refractivity contribution in [2.75, 3.05) is 13.2 Å². The molecule has 1 atom stereocenters. The molecule has 1 aromatic rings. The van der Waals surface area contributed by atoms with E-state index in [-0.39, 0.29) is 22.2 Å². The van der Waals surface area contributed by atoms with Gasteiger partial charge in [-0.2, -0.15) is 0 Å². The van der Waals surface area contributed by atoms with Gasteiger partial charge in [0.15, 0.2) is 0 Å². The van der Waals surface area contributed by atoms with Crippen molar-refractivity contribution < 1.29 is 28.2 Å². The molecule has 0 saturated carbocycles. The number of benzene rings is 1. The van der Waals surface area contributed by atoms with Crippen LogP contribution in [0.4, 0.5) is 8.78 Å². The molecule has 0 amide bonds. The predicted octanol–water partition coefficient (Wildman–Crippen LogP) is 3.20. The lowest BCUT2D eigenvalue weighted by Crippen LogP contribution is -2.41. The average molecular weight is 481 g/mol. The second-order valence-corrected chi connectivity index (χ2v) is 7.78. The maximum Gasteiger partial charge on any atom is 0.343 e. The fraction of sp³-hybridized carbons (Fsp3) is 0.444. The number of ether oxygens (including phenoxy) is 1. The molecular weight excluding hydrogens is 459 g/mol. The predicted molar refractivity (Wildman–Crippen MR) is 102 cm³/mol. The molecule has 5 nitrogen and oxygen atoms in total. The molecule has 0 unspecified atom stereocenters. The number of Topliss-reactive ketones (excluding diaryl/α,β-unsaturated/α-hetero) is 1. The number of carbonyl (C=O) groups is 2. The van der Waals surface area contributed by atoms with Gasteiger partial charge in [-0.25, -0.2) is 13.6 Å². The van der Waals surface area contributed by atoms with Gasteiger partial charge < -0.3 is 15.2 Å². The van der Waals surface area contributed by atoms with E-state index in [0.29, 0.717) is 6.07 Å². The number of ketones is 1. The van der Waals surface area contributed by atoms with Gasteiger partial charge in [-0.1, -0.05) is 20.8 Å². The van der Waals surface area contributed by atoms with Crippen molar-refractivity contribution in [1.29, 1.82) is 0 Å². The van der Waals surface area contributed by atoms with Crippen molar-refractivity contribution >= 4 is 34.3 Å². The molecule has 1 rings (SSSR count). The van der Waals surface area contributed by atoms with E-state index in [2.05, 4.69) is 5.32 Å². The Hall–Kier alpha value is -1.55. The van der Waals surface area contributed by atoms with Gasteiger partial charge in [-0.05, 0) is 41.0 Å². The van der Waals surface area contributed by atoms with Crippen LogP contribution >= 0.6 is 22.6 Å². The lowest BCUT2D eigenvalue weighted by atomic mass is 9.87. The molecule has 8 heteroatoms. The highest BCUT2D eigenvalue weighted by Gasteiger charge is 2.27. The van der Waals surface area contributed by atoms with Gasteiger partial charge in [0.1, 0.15) is 17.2 Å². The number of rotatable bonds is 7. The van der Waals surface area contributed by atoms with Crippen LogP contribution in [0.1, 0.15) is 38.1 Å². The van der Waals surface area contributed by atoms with Crippen LogP contribution in [0.15, 0.2) is 23.9 Å². The van der Waals surface area contributed by atoms with Crippen molar-refractivity contribution in [3.05, 3.63) is 44.7 Å². The summed E-state index contributed by atoms with van der Waals surface area (Å²) >= 11 is 1.63. The summed E-state index contributed by atoms with van der Waals surface area (Å²) in [5.41, 5.74) is -1.24. The van der Waals surface area contributed by atoms with Crippen LogP contribution in [-0.4, -0.2) is 36.1 Å². The Balaban J connectivity index is 3.30. The number of aliphatic hydroxyl groups is 1. The van der Waals surface area contributed by atoms with Crippen LogP contribution in [0.2, 0.25) is 0 Å². The minimum absolute atomic E-state index is 0.0234. The van der Waals surface area contributed by atoms with Gasteiger partial charge in [0, 0.05) is 15.8 Å². The molecule has 0 fully saturated rings. The van der Waals surface area contributed by atoms with E-state index in [0.717, 1.165) is 12.3 Å². The molecule has 0 bridgehead atoms. The largest absolute Gasteiger partial charge is 0.462 e. The van der Waals surface area contributed by atoms with Gasteiger partial charge in [0.05, 0.1) is 24.8 Å². The first kappa shape index (κ1) is 22.5. The molecule has 0 aliphatic carbocycles. The van der Waals surface area contributed by atoms with Crippen molar-refractivity contribution in [2.24, 2.45) is 5.41 Å². The summed E-state index contributed by atoms with van der Waals surface area (Å²) < 4.78 is 32.4. The number of nitrogens with one attached hydrogen (secondary N) is 1. The summed E-state index contributed by atoms with van der Waals surface area (Å²) in [5.74, 6) is -3.74. The molecular formula is C18H22F2INO4. The van der Waals surface area contributed by atoms with E-state index in [1.807, 2.05) is 20.8 Å². The van der Waals surface area contributed by atoms with E-state index in [1.165, 1.54) is 0 Å². The smallest absolute Gasteiger partial charge is 0.343 e. The number of hydrogen-bond acceptors (Lipinski definition) is 5. The minimum Gasteiger partial charge on any atom is -0.462 e. The van der Waals surface area contributed by atoms with E-state index < -0.39 is 40.6 Å². The zero-order chi connectivity index (χ0) is 20.1. The lowest BCUT2D eigenvalue weighted by molar-refractivity contribution is -0.138. The molecule has 0 radical (unpaired) electrons. The fourth-order valence-electron chi connectivity index (χ4n) is 2.03. The number of hydrogen-bond donors (Lipinski definition) is 2. The average Bonchev–Trinajstić information content (AvgIpc) is 2.53. The Morgan fingerprint density at radius 1 is 1.31 bits per heavy atom. The Bertz CT molecular complexity index is 714. The number of aliphatic hydroxyl groups excluding tert-OH is 1. The maximum atomic E-state index is 14.0. The normalized spacial score (nSPS) is 13.3. The zero-order valence-electron chi connectivity index (χ0n) is 15.0. The minimum atomic E-state index is -1.07. The molecule has 0 aliphatic rings. The van der Waals surface area contributed by atoms with Crippen molar-refractivity contribution in [1.82, 2.24) is 5.32 Å². The quantitative estimate of drug-likeness (QED) is 0.119. The fourth-order valence-corrected chi connectivity index (χ4v) is 2.50. The highest BCUT2D eigenvalue weighted by Crippen LogP contribution is 2.22. The first-order valence-electron chi connectivity index (χ1n) is 7.96. The highest BCUT2D eigenvalue weighted by molar-refractivity contribution is 14.1. The van der Waals surface area contributed by atoms with Crippen LogP contribution in [0.5, 0.6) is 0 Å². The standard InChI is InChI=1S/C18H22F2INO4/c1-5-26-17(25)11(8-22-15(9-23)18(2,3)4)16(24)10-6-14(21)13(20)7-12(10)19/h6-8,15,22-23H,5,9H2,1-4H3/t15-/m1/s1. The summed E-state index contributed by atoms with van der Waals surface area (Å²) in [6.07, 6.45) is 1.11. The van der Waals surface area contributed by atoms with Crippen LogP contribution in [0.25, 0.3) is 0 Å². The molecule has 26 heavy (non-hydrogen) atoms. The Kier molecular flexibility index (Phi) is 8.14. The highest BCUT2D eigenvalue weighted by atomic mass is 127. The van der Waals surface area contributed by atoms with Crippen LogP contribution < -0.4 is 5.32 Å². The van der Waals surface area contributed by atoms with Gasteiger partial charge >= 0.3 is 5.97 Å². The third-order valence-corrected chi connectivity index (χ3v) is 4.48. The Labute approximate surface area is 164 Å². The molecule has 144 valence electrons. The van der Waals surface area contributed by atoms with Gasteiger partial charge in [-0.15, -0.1) is 0 Å². The molecule has 0 spiro atoms. The number of esters is 1. The topological polar surface area (TPSA) is 75.6 Å². The van der Waals surface area contributed by atoms with Gasteiger partial charge in [0.25, 0.3) is 0 Å². The van der Waals surface area contributed by atoms with E-state index >= 15 is 0 Å². The van der Waals surface area contributed by atoms with E-state index in [1.54, 1.807) is 29.5 Å². The molecule has 0 aromatic heterocycles. The lowest BCUT2D eigenvalue weighted by Gasteiger charge is -2.29. The monoisotopic (exact) mass is 481 g/mol. The summed E-state index contributed by atoms with van der Waals surface area (Å²) in [5, 5.41) is 12.3. The third-order valence-electron chi connectivity index (χ3n) is 3.65. The zero-order valence-corrected chi connectivity index (χ0v) is 17.2. The van der Waals surface area contributed by atoms with E-state index in [4.69, 9.17) is 4.74 Å².